The fourth-order valence-electron chi connectivity index (χ4n) is 4.77. The Labute approximate surface area is 190 Å². The van der Waals surface area contributed by atoms with Gasteiger partial charge in [-0.25, -0.2) is 4.39 Å². The fourth-order valence-corrected chi connectivity index (χ4v) is 4.77. The number of likely N-dealkylation sites (tertiary alicyclic amines) is 1. The zero-order valence-electron chi connectivity index (χ0n) is 18.2. The van der Waals surface area contributed by atoms with E-state index in [2.05, 4.69) is 9.80 Å². The number of ether oxygens (including phenoxy) is 1. The summed E-state index contributed by atoms with van der Waals surface area (Å²) in [6, 6.07) is 4.83. The number of piperazine rings is 1. The highest BCUT2D eigenvalue weighted by Crippen LogP contribution is 2.33. The Bertz CT molecular complexity index is 779. The summed E-state index contributed by atoms with van der Waals surface area (Å²) in [6.07, 6.45) is 5.93. The smallest absolute Gasteiger partial charge is 0.232 e. The van der Waals surface area contributed by atoms with Gasteiger partial charge >= 0.3 is 0 Å². The SMILES string of the molecule is CC1CC(=O)N(CCCN2CCN(c3cc(F)ccc3OC3CCCC3)CC2)C1=O.Cl. The molecule has 2 heterocycles. The molecule has 1 unspecified atom stereocenters. The zero-order valence-corrected chi connectivity index (χ0v) is 19.0. The van der Waals surface area contributed by atoms with Gasteiger partial charge in [0.2, 0.25) is 11.8 Å². The van der Waals surface area contributed by atoms with E-state index >= 15 is 0 Å². The first kappa shape index (κ1) is 23.8. The van der Waals surface area contributed by atoms with Gasteiger partial charge in [-0.3, -0.25) is 19.4 Å². The number of benzene rings is 1. The molecule has 3 aliphatic rings. The molecule has 1 aromatic rings. The summed E-state index contributed by atoms with van der Waals surface area (Å²) >= 11 is 0. The maximum absolute atomic E-state index is 13.9. The minimum Gasteiger partial charge on any atom is -0.488 e. The lowest BCUT2D eigenvalue weighted by Gasteiger charge is -2.37. The number of hydrogen-bond donors (Lipinski definition) is 0. The second kappa shape index (κ2) is 10.6. The van der Waals surface area contributed by atoms with E-state index in [0.29, 0.717) is 13.0 Å². The normalized spacial score (nSPS) is 22.8. The molecule has 8 heteroatoms. The number of halogens is 2. The highest BCUT2D eigenvalue weighted by Gasteiger charge is 2.35. The first-order valence-corrected chi connectivity index (χ1v) is 11.3. The Morgan fingerprint density at radius 3 is 2.42 bits per heavy atom. The summed E-state index contributed by atoms with van der Waals surface area (Å²) < 4.78 is 20.1. The Morgan fingerprint density at radius 2 is 1.77 bits per heavy atom. The lowest BCUT2D eigenvalue weighted by molar-refractivity contribution is -0.139. The van der Waals surface area contributed by atoms with Crippen molar-refractivity contribution in [3.63, 3.8) is 0 Å². The van der Waals surface area contributed by atoms with Gasteiger partial charge in [0.15, 0.2) is 0 Å². The largest absolute Gasteiger partial charge is 0.488 e. The molecule has 1 atom stereocenters. The summed E-state index contributed by atoms with van der Waals surface area (Å²) in [7, 11) is 0. The Morgan fingerprint density at radius 1 is 1.06 bits per heavy atom. The average Bonchev–Trinajstić information content (AvgIpc) is 3.33. The molecule has 2 amide bonds. The standard InChI is InChI=1S/C23H32FN3O3.ClH/c1-17-15-22(28)27(23(17)29)10-4-9-25-11-13-26(14-12-25)20-16-18(24)7-8-21(20)30-19-5-2-3-6-19;/h7-8,16-17,19H,2-6,9-15H2,1H3;1H. The second-order valence-electron chi connectivity index (χ2n) is 8.81. The van der Waals surface area contributed by atoms with Crippen molar-refractivity contribution in [2.75, 3.05) is 44.2 Å². The van der Waals surface area contributed by atoms with Crippen LogP contribution in [-0.4, -0.2) is 67.0 Å². The number of rotatable bonds is 7. The summed E-state index contributed by atoms with van der Waals surface area (Å²) in [5.41, 5.74) is 0.851. The topological polar surface area (TPSA) is 53.1 Å². The van der Waals surface area contributed by atoms with Crippen LogP contribution < -0.4 is 9.64 Å². The zero-order chi connectivity index (χ0) is 21.1. The summed E-state index contributed by atoms with van der Waals surface area (Å²) in [5.74, 6) is 0.300. The minimum atomic E-state index is -0.236. The number of nitrogens with zero attached hydrogens (tertiary/aromatic N) is 3. The van der Waals surface area contributed by atoms with Gasteiger partial charge in [-0.15, -0.1) is 12.4 Å². The van der Waals surface area contributed by atoms with Crippen LogP contribution in [0, 0.1) is 11.7 Å². The molecule has 1 aliphatic carbocycles. The van der Waals surface area contributed by atoms with Crippen molar-refractivity contribution in [1.82, 2.24) is 9.80 Å². The van der Waals surface area contributed by atoms with Crippen molar-refractivity contribution >= 4 is 29.9 Å². The van der Waals surface area contributed by atoms with Crippen LogP contribution in [0.2, 0.25) is 0 Å². The first-order chi connectivity index (χ1) is 14.5. The van der Waals surface area contributed by atoms with Crippen molar-refractivity contribution in [2.24, 2.45) is 5.92 Å². The molecule has 1 saturated carbocycles. The highest BCUT2D eigenvalue weighted by atomic mass is 35.5. The third-order valence-electron chi connectivity index (χ3n) is 6.56. The monoisotopic (exact) mass is 453 g/mol. The van der Waals surface area contributed by atoms with E-state index in [1.807, 2.05) is 6.92 Å². The Hall–Kier alpha value is -1.86. The van der Waals surface area contributed by atoms with E-state index in [0.717, 1.165) is 63.4 Å². The number of anilines is 1. The average molecular weight is 454 g/mol. The van der Waals surface area contributed by atoms with E-state index in [9.17, 15) is 14.0 Å². The fraction of sp³-hybridized carbons (Fsp3) is 0.652. The van der Waals surface area contributed by atoms with Crippen LogP contribution in [0.25, 0.3) is 0 Å². The quantitative estimate of drug-likeness (QED) is 0.592. The van der Waals surface area contributed by atoms with Gasteiger partial charge in [0, 0.05) is 51.1 Å². The molecular formula is C23H33ClFN3O3. The van der Waals surface area contributed by atoms with Crippen LogP contribution in [0.15, 0.2) is 18.2 Å². The van der Waals surface area contributed by atoms with Crippen molar-refractivity contribution in [1.29, 1.82) is 0 Å². The number of carbonyl (C=O) groups is 2. The van der Waals surface area contributed by atoms with Crippen molar-refractivity contribution in [3.8, 4) is 5.75 Å². The highest BCUT2D eigenvalue weighted by molar-refractivity contribution is 6.03. The van der Waals surface area contributed by atoms with E-state index in [1.165, 1.54) is 23.8 Å². The molecule has 2 aliphatic heterocycles. The molecule has 2 saturated heterocycles. The van der Waals surface area contributed by atoms with E-state index < -0.39 is 0 Å². The van der Waals surface area contributed by atoms with Gasteiger partial charge in [-0.05, 0) is 50.8 Å². The predicted molar refractivity (Wildman–Crippen MR) is 120 cm³/mol. The molecule has 3 fully saturated rings. The van der Waals surface area contributed by atoms with Gasteiger partial charge in [0.1, 0.15) is 11.6 Å². The Kier molecular flexibility index (Phi) is 8.17. The van der Waals surface area contributed by atoms with Crippen LogP contribution in [0.5, 0.6) is 5.75 Å². The van der Waals surface area contributed by atoms with Gasteiger partial charge in [-0.1, -0.05) is 6.92 Å². The molecule has 31 heavy (non-hydrogen) atoms. The summed E-state index contributed by atoms with van der Waals surface area (Å²) in [6.45, 7) is 6.54. The van der Waals surface area contributed by atoms with E-state index in [4.69, 9.17) is 4.74 Å². The van der Waals surface area contributed by atoms with Crippen molar-refractivity contribution in [3.05, 3.63) is 24.0 Å². The molecule has 172 valence electrons. The lowest BCUT2D eigenvalue weighted by Crippen LogP contribution is -2.47. The van der Waals surface area contributed by atoms with Crippen molar-refractivity contribution in [2.45, 2.75) is 51.6 Å². The molecular weight excluding hydrogens is 421 g/mol. The van der Waals surface area contributed by atoms with Gasteiger partial charge in [0.05, 0.1) is 11.8 Å². The molecule has 0 spiro atoms. The summed E-state index contributed by atoms with van der Waals surface area (Å²) in [4.78, 5) is 29.9. The first-order valence-electron chi connectivity index (χ1n) is 11.3. The number of carbonyl (C=O) groups excluding carboxylic acids is 2. The minimum absolute atomic E-state index is 0. The Balaban J connectivity index is 0.00000272. The predicted octanol–water partition coefficient (Wildman–Crippen LogP) is 3.48. The van der Waals surface area contributed by atoms with Gasteiger partial charge in [-0.2, -0.15) is 0 Å². The molecule has 6 nitrogen and oxygen atoms in total. The van der Waals surface area contributed by atoms with Gasteiger partial charge in [0.25, 0.3) is 0 Å². The molecule has 0 radical (unpaired) electrons. The van der Waals surface area contributed by atoms with Crippen molar-refractivity contribution < 1.29 is 18.7 Å². The molecule has 4 rings (SSSR count). The van der Waals surface area contributed by atoms with Crippen LogP contribution in [0.4, 0.5) is 10.1 Å². The number of amides is 2. The third-order valence-corrected chi connectivity index (χ3v) is 6.56. The van der Waals surface area contributed by atoms with Crippen LogP contribution in [0.3, 0.4) is 0 Å². The van der Waals surface area contributed by atoms with Gasteiger partial charge < -0.3 is 9.64 Å². The third kappa shape index (κ3) is 5.69. The summed E-state index contributed by atoms with van der Waals surface area (Å²) in [5, 5.41) is 0. The molecule has 0 N–H and O–H groups in total. The maximum atomic E-state index is 13.9. The van der Waals surface area contributed by atoms with Crippen LogP contribution in [0.1, 0.15) is 45.4 Å². The second-order valence-corrected chi connectivity index (χ2v) is 8.81. The van der Waals surface area contributed by atoms with E-state index in [-0.39, 0.29) is 42.1 Å². The number of hydrogen-bond acceptors (Lipinski definition) is 5. The molecule has 0 bridgehead atoms. The van der Waals surface area contributed by atoms with Crippen LogP contribution in [-0.2, 0) is 9.59 Å². The number of imide groups is 1. The maximum Gasteiger partial charge on any atom is 0.232 e. The molecule has 1 aromatic carbocycles. The van der Waals surface area contributed by atoms with Crippen LogP contribution >= 0.6 is 12.4 Å². The molecule has 0 aromatic heterocycles. The lowest BCUT2D eigenvalue weighted by atomic mass is 10.1. The van der Waals surface area contributed by atoms with E-state index in [1.54, 1.807) is 12.1 Å².